The molecular formula is C22H22N2O5. The predicted molar refractivity (Wildman–Crippen MR) is 105 cm³/mol. The molecule has 7 nitrogen and oxygen atoms in total. The van der Waals surface area contributed by atoms with Crippen LogP contribution in [-0.4, -0.2) is 60.9 Å². The van der Waals surface area contributed by atoms with Gasteiger partial charge in [0.2, 0.25) is 5.91 Å². The van der Waals surface area contributed by atoms with Gasteiger partial charge in [-0.3, -0.25) is 19.3 Å². The van der Waals surface area contributed by atoms with Crippen molar-refractivity contribution in [3.63, 3.8) is 0 Å². The van der Waals surface area contributed by atoms with E-state index in [1.807, 2.05) is 6.07 Å². The summed E-state index contributed by atoms with van der Waals surface area (Å²) in [7, 11) is 3.11. The van der Waals surface area contributed by atoms with Gasteiger partial charge in [-0.25, -0.2) is 0 Å². The number of carbonyl (C=O) groups excluding carboxylic acids is 3. The molecule has 0 bridgehead atoms. The van der Waals surface area contributed by atoms with Crippen LogP contribution >= 0.6 is 0 Å². The summed E-state index contributed by atoms with van der Waals surface area (Å²) in [6.07, 6.45) is 0.804. The zero-order chi connectivity index (χ0) is 20.5. The Hall–Kier alpha value is -3.35. The lowest BCUT2D eigenvalue weighted by Crippen LogP contribution is -2.42. The second-order valence-electron chi connectivity index (χ2n) is 7.17. The van der Waals surface area contributed by atoms with Crippen molar-refractivity contribution in [3.05, 3.63) is 59.2 Å². The Morgan fingerprint density at radius 3 is 2.28 bits per heavy atom. The van der Waals surface area contributed by atoms with Crippen molar-refractivity contribution in [2.45, 2.75) is 18.9 Å². The lowest BCUT2D eigenvalue weighted by molar-refractivity contribution is -0.129. The first-order valence-electron chi connectivity index (χ1n) is 9.49. The number of fused-ring (bicyclic) bond motifs is 1. The molecule has 0 N–H and O–H groups in total. The summed E-state index contributed by atoms with van der Waals surface area (Å²) in [5.74, 6) is 0.588. The normalized spacial score (nSPS) is 18.2. The van der Waals surface area contributed by atoms with Crippen LogP contribution in [0.5, 0.6) is 11.5 Å². The van der Waals surface area contributed by atoms with E-state index in [4.69, 9.17) is 9.47 Å². The summed E-state index contributed by atoms with van der Waals surface area (Å²) < 4.78 is 10.5. The zero-order valence-corrected chi connectivity index (χ0v) is 16.4. The van der Waals surface area contributed by atoms with Gasteiger partial charge in [0.1, 0.15) is 0 Å². The third-order valence-electron chi connectivity index (χ3n) is 5.51. The average molecular weight is 394 g/mol. The molecule has 2 aromatic rings. The number of imide groups is 1. The average Bonchev–Trinajstić information content (AvgIpc) is 3.31. The number of amides is 3. The lowest BCUT2D eigenvalue weighted by atomic mass is 10.1. The minimum atomic E-state index is -0.295. The third-order valence-corrected chi connectivity index (χ3v) is 5.51. The molecule has 2 aromatic carbocycles. The molecule has 0 aliphatic carbocycles. The van der Waals surface area contributed by atoms with Crippen LogP contribution < -0.4 is 9.47 Å². The highest BCUT2D eigenvalue weighted by atomic mass is 16.5. The molecule has 2 aliphatic rings. The standard InChI is InChI=1S/C22H22N2O5/c1-28-18-8-7-14(11-19(18)29-2)12-20(25)23-10-9-15(13-23)24-21(26)16-5-3-4-6-17(16)22(24)27/h3-8,11,15H,9-10,12-13H2,1-2H3. The van der Waals surface area contributed by atoms with Crippen LogP contribution in [0.1, 0.15) is 32.7 Å². The second kappa shape index (κ2) is 7.58. The molecule has 2 heterocycles. The van der Waals surface area contributed by atoms with Crippen LogP contribution in [0.3, 0.4) is 0 Å². The van der Waals surface area contributed by atoms with Crippen LogP contribution in [0.4, 0.5) is 0 Å². The van der Waals surface area contributed by atoms with Crippen molar-refractivity contribution in [3.8, 4) is 11.5 Å². The quantitative estimate of drug-likeness (QED) is 0.727. The first kappa shape index (κ1) is 19.0. The lowest BCUT2D eigenvalue weighted by Gasteiger charge is -2.22. The number of nitrogens with zero attached hydrogens (tertiary/aromatic N) is 2. The van der Waals surface area contributed by atoms with E-state index in [0.717, 1.165) is 5.56 Å². The molecule has 0 radical (unpaired) electrons. The molecule has 0 spiro atoms. The van der Waals surface area contributed by atoms with Crippen molar-refractivity contribution in [1.29, 1.82) is 0 Å². The van der Waals surface area contributed by atoms with Gasteiger partial charge in [-0.05, 0) is 36.2 Å². The second-order valence-corrected chi connectivity index (χ2v) is 7.17. The maximum Gasteiger partial charge on any atom is 0.261 e. The van der Waals surface area contributed by atoms with E-state index in [1.165, 1.54) is 4.90 Å². The monoisotopic (exact) mass is 394 g/mol. The van der Waals surface area contributed by atoms with Gasteiger partial charge in [0.25, 0.3) is 11.8 Å². The van der Waals surface area contributed by atoms with Crippen LogP contribution in [0.15, 0.2) is 42.5 Å². The molecular weight excluding hydrogens is 372 g/mol. The zero-order valence-electron chi connectivity index (χ0n) is 16.4. The Kier molecular flexibility index (Phi) is 4.96. The molecule has 0 saturated carbocycles. The minimum Gasteiger partial charge on any atom is -0.493 e. The van der Waals surface area contributed by atoms with E-state index >= 15 is 0 Å². The SMILES string of the molecule is COc1ccc(CC(=O)N2CCC(N3C(=O)c4ccccc4C3=O)C2)cc1OC. The predicted octanol–water partition coefficient (Wildman–Crippen LogP) is 2.14. The van der Waals surface area contributed by atoms with E-state index in [0.29, 0.717) is 42.1 Å². The molecule has 1 atom stereocenters. The van der Waals surface area contributed by atoms with Crippen LogP contribution in [0, 0.1) is 0 Å². The molecule has 29 heavy (non-hydrogen) atoms. The number of hydrogen-bond donors (Lipinski definition) is 0. The fraction of sp³-hybridized carbons (Fsp3) is 0.318. The summed E-state index contributed by atoms with van der Waals surface area (Å²) in [5, 5.41) is 0. The molecule has 1 saturated heterocycles. The molecule has 2 aliphatic heterocycles. The summed E-state index contributed by atoms with van der Waals surface area (Å²) in [5.41, 5.74) is 1.69. The van der Waals surface area contributed by atoms with Crippen molar-refractivity contribution in [2.75, 3.05) is 27.3 Å². The van der Waals surface area contributed by atoms with Crippen molar-refractivity contribution in [2.24, 2.45) is 0 Å². The largest absolute Gasteiger partial charge is 0.493 e. The van der Waals surface area contributed by atoms with Gasteiger partial charge in [-0.1, -0.05) is 18.2 Å². The number of ether oxygens (including phenoxy) is 2. The Labute approximate surface area is 168 Å². The summed E-state index contributed by atoms with van der Waals surface area (Å²) in [6, 6.07) is 11.9. The topological polar surface area (TPSA) is 76.2 Å². The maximum absolute atomic E-state index is 12.8. The van der Waals surface area contributed by atoms with E-state index < -0.39 is 0 Å². The smallest absolute Gasteiger partial charge is 0.261 e. The van der Waals surface area contributed by atoms with Gasteiger partial charge in [-0.15, -0.1) is 0 Å². The number of hydrogen-bond acceptors (Lipinski definition) is 5. The summed E-state index contributed by atoms with van der Waals surface area (Å²) in [6.45, 7) is 0.877. The molecule has 0 aromatic heterocycles. The highest BCUT2D eigenvalue weighted by Crippen LogP contribution is 2.30. The van der Waals surface area contributed by atoms with Gasteiger partial charge in [0, 0.05) is 13.1 Å². The van der Waals surface area contributed by atoms with Gasteiger partial charge in [0.15, 0.2) is 11.5 Å². The molecule has 7 heteroatoms. The molecule has 1 unspecified atom stereocenters. The fourth-order valence-corrected chi connectivity index (χ4v) is 4.00. The van der Waals surface area contributed by atoms with Gasteiger partial charge >= 0.3 is 0 Å². The van der Waals surface area contributed by atoms with Gasteiger partial charge in [0.05, 0.1) is 37.8 Å². The number of benzene rings is 2. The van der Waals surface area contributed by atoms with Crippen molar-refractivity contribution in [1.82, 2.24) is 9.80 Å². The maximum atomic E-state index is 12.8. The molecule has 150 valence electrons. The van der Waals surface area contributed by atoms with Crippen LogP contribution in [0.25, 0.3) is 0 Å². The third kappa shape index (κ3) is 3.33. The van der Waals surface area contributed by atoms with Crippen molar-refractivity contribution >= 4 is 17.7 Å². The Morgan fingerprint density at radius 2 is 1.66 bits per heavy atom. The highest BCUT2D eigenvalue weighted by Gasteiger charge is 2.42. The van der Waals surface area contributed by atoms with E-state index in [2.05, 4.69) is 0 Å². The number of methoxy groups -OCH3 is 2. The van der Waals surface area contributed by atoms with Crippen molar-refractivity contribution < 1.29 is 23.9 Å². The van der Waals surface area contributed by atoms with E-state index in [-0.39, 0.29) is 30.2 Å². The number of rotatable bonds is 5. The molecule has 3 amide bonds. The number of likely N-dealkylation sites (tertiary alicyclic amines) is 1. The van der Waals surface area contributed by atoms with Gasteiger partial charge in [-0.2, -0.15) is 0 Å². The number of carbonyl (C=O) groups is 3. The highest BCUT2D eigenvalue weighted by molar-refractivity contribution is 6.21. The Balaban J connectivity index is 1.43. The van der Waals surface area contributed by atoms with E-state index in [1.54, 1.807) is 55.5 Å². The Bertz CT molecular complexity index is 952. The summed E-state index contributed by atoms with van der Waals surface area (Å²) >= 11 is 0. The first-order valence-corrected chi connectivity index (χ1v) is 9.49. The molecule has 4 rings (SSSR count). The van der Waals surface area contributed by atoms with E-state index in [9.17, 15) is 14.4 Å². The van der Waals surface area contributed by atoms with Gasteiger partial charge < -0.3 is 14.4 Å². The Morgan fingerprint density at radius 1 is 1.00 bits per heavy atom. The molecule has 1 fully saturated rings. The first-order chi connectivity index (χ1) is 14.0. The van der Waals surface area contributed by atoms with Crippen LogP contribution in [0.2, 0.25) is 0 Å². The summed E-state index contributed by atoms with van der Waals surface area (Å²) in [4.78, 5) is 41.1. The minimum absolute atomic E-state index is 0.0451. The van der Waals surface area contributed by atoms with Crippen LogP contribution in [-0.2, 0) is 11.2 Å². The fourth-order valence-electron chi connectivity index (χ4n) is 4.00.